The highest BCUT2D eigenvalue weighted by Gasteiger charge is 2.32. The molecule has 0 spiro atoms. The summed E-state index contributed by atoms with van der Waals surface area (Å²) in [6.45, 7) is 7.99. The maximum atomic E-state index is 4.47. The first-order valence-corrected chi connectivity index (χ1v) is 8.39. The summed E-state index contributed by atoms with van der Waals surface area (Å²) in [5.74, 6) is 1.67. The van der Waals surface area contributed by atoms with Crippen LogP contribution in [0.2, 0.25) is 0 Å². The van der Waals surface area contributed by atoms with Crippen LogP contribution in [0, 0.1) is 11.8 Å². The van der Waals surface area contributed by atoms with E-state index in [-0.39, 0.29) is 0 Å². The van der Waals surface area contributed by atoms with Crippen molar-refractivity contribution in [1.82, 2.24) is 10.3 Å². The Hall–Kier alpha value is -0.540. The highest BCUT2D eigenvalue weighted by molar-refractivity contribution is 7.99. The summed E-state index contributed by atoms with van der Waals surface area (Å²) in [6, 6.07) is 6.85. The lowest BCUT2D eigenvalue weighted by atomic mass is 9.79. The first-order chi connectivity index (χ1) is 9.20. The quantitative estimate of drug-likeness (QED) is 0.882. The van der Waals surface area contributed by atoms with E-state index in [2.05, 4.69) is 43.2 Å². The molecule has 1 saturated carbocycles. The van der Waals surface area contributed by atoms with Gasteiger partial charge in [-0.1, -0.05) is 26.8 Å². The molecule has 0 radical (unpaired) electrons. The minimum absolute atomic E-state index is 0.645. The molecule has 3 unspecified atom stereocenters. The Morgan fingerprint density at radius 2 is 2.21 bits per heavy atom. The van der Waals surface area contributed by atoms with E-state index in [1.54, 1.807) is 0 Å². The summed E-state index contributed by atoms with van der Waals surface area (Å²) >= 11 is 1.96. The molecule has 1 aromatic rings. The van der Waals surface area contributed by atoms with E-state index in [9.17, 15) is 0 Å². The van der Waals surface area contributed by atoms with Gasteiger partial charge in [0.15, 0.2) is 0 Å². The number of thioether (sulfide) groups is 1. The smallest absolute Gasteiger partial charge is 0.0963 e. The zero-order valence-corrected chi connectivity index (χ0v) is 13.1. The van der Waals surface area contributed by atoms with Crippen LogP contribution in [0.5, 0.6) is 0 Å². The average molecular weight is 278 g/mol. The van der Waals surface area contributed by atoms with Gasteiger partial charge in [-0.3, -0.25) is 0 Å². The summed E-state index contributed by atoms with van der Waals surface area (Å²) in [6.07, 6.45) is 5.89. The average Bonchev–Trinajstić information content (AvgIpc) is 2.42. The predicted octanol–water partition coefficient (Wildman–Crippen LogP) is 3.98. The Bertz CT molecular complexity index is 366. The van der Waals surface area contributed by atoms with Gasteiger partial charge in [0, 0.05) is 17.5 Å². The molecule has 1 heterocycles. The first-order valence-electron chi connectivity index (χ1n) is 7.51. The molecule has 1 N–H and O–H groups in total. The summed E-state index contributed by atoms with van der Waals surface area (Å²) < 4.78 is 0. The number of hydrogen-bond donors (Lipinski definition) is 1. The molecule has 0 saturated heterocycles. The number of rotatable bonds is 5. The van der Waals surface area contributed by atoms with Crippen LogP contribution in [0.3, 0.4) is 0 Å². The molecule has 0 bridgehead atoms. The van der Waals surface area contributed by atoms with Gasteiger partial charge in [-0.05, 0) is 49.8 Å². The molecular formula is C16H26N2S. The lowest BCUT2D eigenvalue weighted by Crippen LogP contribution is -2.43. The molecule has 0 aromatic carbocycles. The summed E-state index contributed by atoms with van der Waals surface area (Å²) in [5.41, 5.74) is 0. The molecule has 0 amide bonds. The maximum Gasteiger partial charge on any atom is 0.0963 e. The third kappa shape index (κ3) is 4.22. The SMILES string of the molecule is CCNC1CCC(C(C)C)CC1Sc1ccccn1. The molecule has 3 heteroatoms. The van der Waals surface area contributed by atoms with Gasteiger partial charge in [0.1, 0.15) is 0 Å². The molecule has 1 fully saturated rings. The van der Waals surface area contributed by atoms with Crippen LogP contribution < -0.4 is 5.32 Å². The van der Waals surface area contributed by atoms with E-state index in [1.165, 1.54) is 24.3 Å². The van der Waals surface area contributed by atoms with Crippen LogP contribution in [-0.2, 0) is 0 Å². The van der Waals surface area contributed by atoms with E-state index >= 15 is 0 Å². The van der Waals surface area contributed by atoms with Crippen LogP contribution >= 0.6 is 11.8 Å². The maximum absolute atomic E-state index is 4.47. The molecule has 1 aliphatic carbocycles. The minimum Gasteiger partial charge on any atom is -0.313 e. The van der Waals surface area contributed by atoms with Crippen molar-refractivity contribution < 1.29 is 0 Å². The van der Waals surface area contributed by atoms with Crippen molar-refractivity contribution in [2.24, 2.45) is 11.8 Å². The Morgan fingerprint density at radius 3 is 2.84 bits per heavy atom. The van der Waals surface area contributed by atoms with Gasteiger partial charge < -0.3 is 5.32 Å². The fraction of sp³-hybridized carbons (Fsp3) is 0.688. The molecule has 1 aromatic heterocycles. The Balaban J connectivity index is 2.03. The fourth-order valence-corrected chi connectivity index (χ4v) is 4.29. The first kappa shape index (κ1) is 14.9. The van der Waals surface area contributed by atoms with E-state index in [0.717, 1.165) is 18.4 Å². The number of nitrogens with zero attached hydrogens (tertiary/aromatic N) is 1. The van der Waals surface area contributed by atoms with Gasteiger partial charge in [-0.25, -0.2) is 4.98 Å². The lowest BCUT2D eigenvalue weighted by Gasteiger charge is -2.37. The zero-order valence-electron chi connectivity index (χ0n) is 12.3. The molecule has 2 rings (SSSR count). The Kier molecular flexibility index (Phi) is 5.71. The van der Waals surface area contributed by atoms with Gasteiger partial charge in [-0.15, -0.1) is 11.8 Å². The molecule has 1 aliphatic rings. The van der Waals surface area contributed by atoms with Gasteiger partial charge in [-0.2, -0.15) is 0 Å². The van der Waals surface area contributed by atoms with Crippen molar-refractivity contribution >= 4 is 11.8 Å². The zero-order chi connectivity index (χ0) is 13.7. The van der Waals surface area contributed by atoms with Crippen molar-refractivity contribution in [3.05, 3.63) is 24.4 Å². The number of nitrogens with one attached hydrogen (secondary N) is 1. The molecule has 2 nitrogen and oxygen atoms in total. The molecule has 19 heavy (non-hydrogen) atoms. The summed E-state index contributed by atoms with van der Waals surface area (Å²) in [4.78, 5) is 4.47. The second-order valence-corrected chi connectivity index (χ2v) is 7.07. The number of aromatic nitrogens is 1. The molecule has 3 atom stereocenters. The third-order valence-electron chi connectivity index (χ3n) is 4.15. The van der Waals surface area contributed by atoms with E-state index in [0.29, 0.717) is 11.3 Å². The summed E-state index contributed by atoms with van der Waals surface area (Å²) in [7, 11) is 0. The number of hydrogen-bond acceptors (Lipinski definition) is 3. The monoisotopic (exact) mass is 278 g/mol. The Morgan fingerprint density at radius 1 is 1.37 bits per heavy atom. The van der Waals surface area contributed by atoms with Gasteiger partial charge in [0.05, 0.1) is 5.03 Å². The van der Waals surface area contributed by atoms with Crippen molar-refractivity contribution in [3.8, 4) is 0 Å². The van der Waals surface area contributed by atoms with E-state index in [4.69, 9.17) is 0 Å². The second kappa shape index (κ2) is 7.30. The normalized spacial score (nSPS) is 27.7. The largest absolute Gasteiger partial charge is 0.313 e. The second-order valence-electron chi connectivity index (χ2n) is 5.81. The topological polar surface area (TPSA) is 24.9 Å². The Labute approximate surface area is 121 Å². The highest BCUT2D eigenvalue weighted by Crippen LogP contribution is 2.38. The van der Waals surface area contributed by atoms with Crippen LogP contribution in [0.1, 0.15) is 40.0 Å². The predicted molar refractivity (Wildman–Crippen MR) is 83.5 cm³/mol. The minimum atomic E-state index is 0.645. The summed E-state index contributed by atoms with van der Waals surface area (Å²) in [5, 5.41) is 5.50. The van der Waals surface area contributed by atoms with Crippen LogP contribution in [-0.4, -0.2) is 22.8 Å². The number of pyridine rings is 1. The molecule has 0 aliphatic heterocycles. The molecular weight excluding hydrogens is 252 g/mol. The molecule has 106 valence electrons. The van der Waals surface area contributed by atoms with Crippen molar-refractivity contribution in [3.63, 3.8) is 0 Å². The third-order valence-corrected chi connectivity index (χ3v) is 5.46. The highest BCUT2D eigenvalue weighted by atomic mass is 32.2. The van der Waals surface area contributed by atoms with E-state index < -0.39 is 0 Å². The van der Waals surface area contributed by atoms with Crippen LogP contribution in [0.4, 0.5) is 0 Å². The van der Waals surface area contributed by atoms with Crippen LogP contribution in [0.15, 0.2) is 29.4 Å². The lowest BCUT2D eigenvalue weighted by molar-refractivity contribution is 0.247. The van der Waals surface area contributed by atoms with Gasteiger partial charge in [0.25, 0.3) is 0 Å². The van der Waals surface area contributed by atoms with Crippen molar-refractivity contribution in [2.45, 2.75) is 56.4 Å². The van der Waals surface area contributed by atoms with Crippen LogP contribution in [0.25, 0.3) is 0 Å². The van der Waals surface area contributed by atoms with Crippen molar-refractivity contribution in [1.29, 1.82) is 0 Å². The van der Waals surface area contributed by atoms with Gasteiger partial charge >= 0.3 is 0 Å². The van der Waals surface area contributed by atoms with Gasteiger partial charge in [0.2, 0.25) is 0 Å². The van der Waals surface area contributed by atoms with Crippen molar-refractivity contribution in [2.75, 3.05) is 6.54 Å². The van der Waals surface area contributed by atoms with E-state index in [1.807, 2.05) is 24.0 Å². The standard InChI is InChI=1S/C16H26N2S/c1-4-17-14-9-8-13(12(2)3)11-15(14)19-16-7-5-6-10-18-16/h5-7,10,12-15,17H,4,8-9,11H2,1-3H3. The fourth-order valence-electron chi connectivity index (χ4n) is 2.96.